The molecule has 1 amide bonds. The van der Waals surface area contributed by atoms with Gasteiger partial charge in [0.1, 0.15) is 11.6 Å². The first-order chi connectivity index (χ1) is 11.7. The highest BCUT2D eigenvalue weighted by molar-refractivity contribution is 5.94. The Kier molecular flexibility index (Phi) is 3.72. The SMILES string of the molecule is O=C(c1cccc(F)c1)N1CCC[C@H](c2nnc3ccccn23)C1. The number of halogens is 1. The molecule has 0 unspecified atom stereocenters. The zero-order valence-electron chi connectivity index (χ0n) is 13.1. The molecule has 6 heteroatoms. The molecule has 0 bridgehead atoms. The molecule has 4 rings (SSSR count). The van der Waals surface area contributed by atoms with Crippen molar-refractivity contribution in [1.82, 2.24) is 19.5 Å². The summed E-state index contributed by atoms with van der Waals surface area (Å²) in [6.45, 7) is 1.26. The maximum absolute atomic E-state index is 13.4. The van der Waals surface area contributed by atoms with E-state index >= 15 is 0 Å². The van der Waals surface area contributed by atoms with Crippen LogP contribution >= 0.6 is 0 Å². The molecule has 0 spiro atoms. The van der Waals surface area contributed by atoms with Crippen LogP contribution in [0.1, 0.15) is 34.9 Å². The van der Waals surface area contributed by atoms with Gasteiger partial charge >= 0.3 is 0 Å². The van der Waals surface area contributed by atoms with E-state index in [1.165, 1.54) is 12.1 Å². The molecule has 1 saturated heterocycles. The third-order valence-corrected chi connectivity index (χ3v) is 4.49. The summed E-state index contributed by atoms with van der Waals surface area (Å²) in [4.78, 5) is 14.4. The molecule has 0 N–H and O–H groups in total. The topological polar surface area (TPSA) is 50.5 Å². The predicted octanol–water partition coefficient (Wildman–Crippen LogP) is 2.89. The highest BCUT2D eigenvalue weighted by Gasteiger charge is 2.28. The van der Waals surface area contributed by atoms with Gasteiger partial charge < -0.3 is 4.90 Å². The lowest BCUT2D eigenvalue weighted by Crippen LogP contribution is -2.39. The van der Waals surface area contributed by atoms with Crippen LogP contribution in [-0.4, -0.2) is 38.5 Å². The van der Waals surface area contributed by atoms with Crippen LogP contribution in [-0.2, 0) is 0 Å². The third-order valence-electron chi connectivity index (χ3n) is 4.49. The van der Waals surface area contributed by atoms with Gasteiger partial charge in [0.05, 0.1) is 0 Å². The minimum atomic E-state index is -0.391. The van der Waals surface area contributed by atoms with Gasteiger partial charge in [0, 0.05) is 30.8 Å². The van der Waals surface area contributed by atoms with Crippen molar-refractivity contribution in [2.24, 2.45) is 0 Å². The van der Waals surface area contributed by atoms with Gasteiger partial charge in [-0.15, -0.1) is 10.2 Å². The largest absolute Gasteiger partial charge is 0.338 e. The van der Waals surface area contributed by atoms with Crippen LogP contribution < -0.4 is 0 Å². The number of benzene rings is 1. The van der Waals surface area contributed by atoms with Crippen molar-refractivity contribution in [2.45, 2.75) is 18.8 Å². The van der Waals surface area contributed by atoms with Gasteiger partial charge in [-0.25, -0.2) is 4.39 Å². The second kappa shape index (κ2) is 6.03. The molecule has 1 fully saturated rings. The van der Waals surface area contributed by atoms with Crippen LogP contribution in [0.5, 0.6) is 0 Å². The van der Waals surface area contributed by atoms with Gasteiger partial charge in [0.2, 0.25) is 0 Å². The molecule has 0 radical (unpaired) electrons. The monoisotopic (exact) mass is 324 g/mol. The lowest BCUT2D eigenvalue weighted by molar-refractivity contribution is 0.0703. The molecule has 122 valence electrons. The van der Waals surface area contributed by atoms with Crippen LogP contribution in [0, 0.1) is 5.82 Å². The summed E-state index contributed by atoms with van der Waals surface area (Å²) < 4.78 is 15.3. The van der Waals surface area contributed by atoms with Crippen LogP contribution in [0.3, 0.4) is 0 Å². The Balaban J connectivity index is 1.59. The highest BCUT2D eigenvalue weighted by Crippen LogP contribution is 2.27. The van der Waals surface area contributed by atoms with E-state index in [-0.39, 0.29) is 11.8 Å². The smallest absolute Gasteiger partial charge is 0.253 e. The average Bonchev–Trinajstić information content (AvgIpc) is 3.05. The summed E-state index contributed by atoms with van der Waals surface area (Å²) >= 11 is 0. The number of pyridine rings is 1. The van der Waals surface area contributed by atoms with Crippen LogP contribution in [0.2, 0.25) is 0 Å². The summed E-state index contributed by atoms with van der Waals surface area (Å²) in [6, 6.07) is 11.6. The number of carbonyl (C=O) groups is 1. The van der Waals surface area contributed by atoms with Gasteiger partial charge in [-0.05, 0) is 43.2 Å². The standard InChI is InChI=1S/C18H17FN4O/c19-15-7-3-5-13(11-15)18(24)22-9-4-6-14(12-22)17-21-20-16-8-1-2-10-23(16)17/h1-3,5,7-8,10-11,14H,4,6,9,12H2/t14-/m0/s1. The summed E-state index contributed by atoms with van der Waals surface area (Å²) in [5, 5.41) is 8.51. The van der Waals surface area contributed by atoms with Crippen LogP contribution in [0.4, 0.5) is 4.39 Å². The average molecular weight is 324 g/mol. The summed E-state index contributed by atoms with van der Waals surface area (Å²) in [5.74, 6) is 0.488. The van der Waals surface area contributed by atoms with E-state index in [1.807, 2.05) is 28.8 Å². The highest BCUT2D eigenvalue weighted by atomic mass is 19.1. The van der Waals surface area contributed by atoms with Crippen molar-refractivity contribution in [1.29, 1.82) is 0 Å². The molecule has 1 aliphatic heterocycles. The number of likely N-dealkylation sites (tertiary alicyclic amines) is 1. The predicted molar refractivity (Wildman–Crippen MR) is 87.3 cm³/mol. The fraction of sp³-hybridized carbons (Fsp3) is 0.278. The van der Waals surface area contributed by atoms with Gasteiger partial charge in [-0.1, -0.05) is 12.1 Å². The first-order valence-corrected chi connectivity index (χ1v) is 8.07. The Bertz CT molecular complexity index is 891. The van der Waals surface area contributed by atoms with E-state index in [9.17, 15) is 9.18 Å². The fourth-order valence-electron chi connectivity index (χ4n) is 3.31. The number of fused-ring (bicyclic) bond motifs is 1. The van der Waals surface area contributed by atoms with E-state index in [0.717, 1.165) is 24.3 Å². The van der Waals surface area contributed by atoms with Crippen molar-refractivity contribution in [3.8, 4) is 0 Å². The number of nitrogens with zero attached hydrogens (tertiary/aromatic N) is 4. The first-order valence-electron chi connectivity index (χ1n) is 8.07. The lowest BCUT2D eigenvalue weighted by atomic mass is 9.96. The normalized spacial score (nSPS) is 18.0. The van der Waals surface area contributed by atoms with Crippen molar-refractivity contribution in [2.75, 3.05) is 13.1 Å². The molecule has 3 aromatic rings. The number of piperidine rings is 1. The second-order valence-electron chi connectivity index (χ2n) is 6.09. The van der Waals surface area contributed by atoms with E-state index in [2.05, 4.69) is 10.2 Å². The molecule has 5 nitrogen and oxygen atoms in total. The van der Waals surface area contributed by atoms with E-state index in [0.29, 0.717) is 18.7 Å². The molecule has 1 aromatic carbocycles. The van der Waals surface area contributed by atoms with Crippen LogP contribution in [0.25, 0.3) is 5.65 Å². The number of hydrogen-bond donors (Lipinski definition) is 0. The van der Waals surface area contributed by atoms with Gasteiger partial charge in [-0.3, -0.25) is 9.20 Å². The molecule has 0 saturated carbocycles. The van der Waals surface area contributed by atoms with Crippen molar-refractivity contribution < 1.29 is 9.18 Å². The second-order valence-corrected chi connectivity index (χ2v) is 6.09. The van der Waals surface area contributed by atoms with Gasteiger partial charge in [0.25, 0.3) is 5.91 Å². The zero-order chi connectivity index (χ0) is 16.5. The molecular weight excluding hydrogens is 307 g/mol. The minimum absolute atomic E-state index is 0.131. The molecule has 3 heterocycles. The Labute approximate surface area is 138 Å². The molecule has 24 heavy (non-hydrogen) atoms. The summed E-state index contributed by atoms with van der Waals surface area (Å²) in [7, 11) is 0. The zero-order valence-corrected chi connectivity index (χ0v) is 13.1. The Hall–Kier alpha value is -2.76. The summed E-state index contributed by atoms with van der Waals surface area (Å²) in [5.41, 5.74) is 1.20. The molecule has 2 aromatic heterocycles. The van der Waals surface area contributed by atoms with Crippen molar-refractivity contribution in [3.63, 3.8) is 0 Å². The summed E-state index contributed by atoms with van der Waals surface area (Å²) in [6.07, 6.45) is 3.80. The van der Waals surface area contributed by atoms with Crippen molar-refractivity contribution >= 4 is 11.6 Å². The van der Waals surface area contributed by atoms with Gasteiger partial charge in [0.15, 0.2) is 5.65 Å². The third kappa shape index (κ3) is 2.64. The molecule has 1 aliphatic rings. The van der Waals surface area contributed by atoms with E-state index in [1.54, 1.807) is 17.0 Å². The lowest BCUT2D eigenvalue weighted by Gasteiger charge is -2.32. The van der Waals surface area contributed by atoms with Gasteiger partial charge in [-0.2, -0.15) is 0 Å². The van der Waals surface area contributed by atoms with E-state index in [4.69, 9.17) is 0 Å². The number of carbonyl (C=O) groups excluding carboxylic acids is 1. The fourth-order valence-corrected chi connectivity index (χ4v) is 3.31. The molecule has 1 atom stereocenters. The quantitative estimate of drug-likeness (QED) is 0.728. The number of hydrogen-bond acceptors (Lipinski definition) is 3. The Morgan fingerprint density at radius 2 is 2.08 bits per heavy atom. The maximum Gasteiger partial charge on any atom is 0.253 e. The number of aromatic nitrogens is 3. The first kappa shape index (κ1) is 14.8. The molecular formula is C18H17FN4O. The van der Waals surface area contributed by atoms with Crippen LogP contribution in [0.15, 0.2) is 48.7 Å². The Morgan fingerprint density at radius 1 is 1.17 bits per heavy atom. The minimum Gasteiger partial charge on any atom is -0.338 e. The van der Waals surface area contributed by atoms with Crippen molar-refractivity contribution in [3.05, 3.63) is 65.9 Å². The molecule has 0 aliphatic carbocycles. The number of rotatable bonds is 2. The maximum atomic E-state index is 13.4. The Morgan fingerprint density at radius 3 is 2.96 bits per heavy atom. The van der Waals surface area contributed by atoms with E-state index < -0.39 is 5.82 Å². The number of amides is 1.